The molecule has 0 aromatic heterocycles. The van der Waals surface area contributed by atoms with Gasteiger partial charge in [-0.3, -0.25) is 9.59 Å². The van der Waals surface area contributed by atoms with Crippen LogP contribution in [0.25, 0.3) is 0 Å². The lowest BCUT2D eigenvalue weighted by Gasteiger charge is -2.19. The summed E-state index contributed by atoms with van der Waals surface area (Å²) in [7, 11) is 0.249. The van der Waals surface area contributed by atoms with Crippen LogP contribution in [0.4, 0.5) is 0 Å². The van der Waals surface area contributed by atoms with Gasteiger partial charge in [0.2, 0.25) is 5.91 Å². The van der Waals surface area contributed by atoms with E-state index >= 15 is 0 Å². The van der Waals surface area contributed by atoms with Crippen LogP contribution in [0.3, 0.4) is 0 Å². The van der Waals surface area contributed by atoms with E-state index in [9.17, 15) is 9.59 Å². The van der Waals surface area contributed by atoms with Crippen molar-refractivity contribution in [3.8, 4) is 0 Å². The summed E-state index contributed by atoms with van der Waals surface area (Å²) in [4.78, 5) is 21.8. The number of carboxylic acid groups (broad SMARTS) is 1. The fourth-order valence-electron chi connectivity index (χ4n) is 1.67. The highest BCUT2D eigenvalue weighted by Crippen LogP contribution is 2.11. The average Bonchev–Trinajstić information content (AvgIpc) is 2.34. The van der Waals surface area contributed by atoms with Gasteiger partial charge in [0, 0.05) is 26.5 Å². The Balaban J connectivity index is 3.42. The quantitative estimate of drug-likeness (QED) is 0.452. The molecule has 5 nitrogen and oxygen atoms in total. The standard InChI is InChI=1S/C13H27NO4Si/c1-18-19(2,3)11-7-10-14-12(15)8-5-4-6-9-13(16)17/h4-11H2,1-3H3,(H,14,15)(H,16,17). The number of carbonyl (C=O) groups excluding carboxylic acids is 1. The molecule has 0 aromatic rings. The number of hydrogen-bond acceptors (Lipinski definition) is 3. The molecule has 0 unspecified atom stereocenters. The molecule has 0 aliphatic rings. The number of carboxylic acids is 1. The maximum Gasteiger partial charge on any atom is 0.303 e. The molecule has 0 heterocycles. The molecule has 0 aliphatic heterocycles. The van der Waals surface area contributed by atoms with E-state index in [1.54, 1.807) is 7.11 Å². The molecule has 0 saturated heterocycles. The lowest BCUT2D eigenvalue weighted by Crippen LogP contribution is -2.31. The van der Waals surface area contributed by atoms with Crippen LogP contribution in [0.5, 0.6) is 0 Å². The molecule has 0 aromatic carbocycles. The highest BCUT2D eigenvalue weighted by Gasteiger charge is 2.19. The summed E-state index contributed by atoms with van der Waals surface area (Å²) in [5.41, 5.74) is 0. The maximum absolute atomic E-state index is 11.5. The molecule has 0 rings (SSSR count). The predicted molar refractivity (Wildman–Crippen MR) is 77.6 cm³/mol. The van der Waals surface area contributed by atoms with E-state index in [2.05, 4.69) is 18.4 Å². The third-order valence-corrected chi connectivity index (χ3v) is 5.79. The molecule has 0 spiro atoms. The van der Waals surface area contributed by atoms with Crippen molar-refractivity contribution in [2.24, 2.45) is 0 Å². The number of hydrogen-bond donors (Lipinski definition) is 2. The number of unbranched alkanes of at least 4 members (excludes halogenated alkanes) is 2. The number of rotatable bonds is 11. The van der Waals surface area contributed by atoms with E-state index in [4.69, 9.17) is 9.53 Å². The molecule has 0 aliphatic carbocycles. The average molecular weight is 289 g/mol. The van der Waals surface area contributed by atoms with Crippen LogP contribution < -0.4 is 5.32 Å². The minimum absolute atomic E-state index is 0.0622. The van der Waals surface area contributed by atoms with Gasteiger partial charge in [0.1, 0.15) is 0 Å². The first kappa shape index (κ1) is 18.1. The summed E-state index contributed by atoms with van der Waals surface area (Å²) < 4.78 is 5.43. The zero-order valence-corrected chi connectivity index (χ0v) is 13.3. The van der Waals surface area contributed by atoms with Gasteiger partial charge in [0.15, 0.2) is 8.32 Å². The molecule has 112 valence electrons. The Morgan fingerprint density at radius 3 is 2.32 bits per heavy atom. The third kappa shape index (κ3) is 11.9. The van der Waals surface area contributed by atoms with Crippen molar-refractivity contribution in [2.45, 2.75) is 57.7 Å². The second kappa shape index (κ2) is 9.97. The van der Waals surface area contributed by atoms with Crippen molar-refractivity contribution in [2.75, 3.05) is 13.7 Å². The SMILES string of the molecule is CO[Si](C)(C)CCCNC(=O)CCCCCC(=O)O. The van der Waals surface area contributed by atoms with Gasteiger partial charge < -0.3 is 14.8 Å². The van der Waals surface area contributed by atoms with Crippen LogP contribution in [-0.4, -0.2) is 39.0 Å². The van der Waals surface area contributed by atoms with E-state index < -0.39 is 14.3 Å². The molecule has 0 radical (unpaired) electrons. The second-order valence-corrected chi connectivity index (χ2v) is 9.80. The summed E-state index contributed by atoms with van der Waals surface area (Å²) in [6.45, 7) is 5.03. The zero-order valence-electron chi connectivity index (χ0n) is 12.3. The number of amides is 1. The number of aliphatic carboxylic acids is 1. The lowest BCUT2D eigenvalue weighted by atomic mass is 10.1. The fraction of sp³-hybridized carbons (Fsp3) is 0.846. The topological polar surface area (TPSA) is 75.6 Å². The summed E-state index contributed by atoms with van der Waals surface area (Å²) in [5, 5.41) is 11.4. The first-order valence-corrected chi connectivity index (χ1v) is 10.0. The maximum atomic E-state index is 11.5. The van der Waals surface area contributed by atoms with Crippen molar-refractivity contribution in [1.29, 1.82) is 0 Å². The molecule has 0 bridgehead atoms. The van der Waals surface area contributed by atoms with Crippen molar-refractivity contribution in [3.63, 3.8) is 0 Å². The van der Waals surface area contributed by atoms with Gasteiger partial charge in [-0.05, 0) is 38.4 Å². The Morgan fingerprint density at radius 1 is 1.11 bits per heavy atom. The number of carbonyl (C=O) groups is 2. The van der Waals surface area contributed by atoms with Crippen LogP contribution in [0.2, 0.25) is 19.1 Å². The Hall–Kier alpha value is -0.883. The molecule has 0 atom stereocenters. The van der Waals surface area contributed by atoms with Gasteiger partial charge in [-0.2, -0.15) is 0 Å². The largest absolute Gasteiger partial charge is 0.481 e. The molecule has 1 amide bonds. The number of nitrogens with one attached hydrogen (secondary N) is 1. The van der Waals surface area contributed by atoms with E-state index in [0.29, 0.717) is 19.4 Å². The Morgan fingerprint density at radius 2 is 1.74 bits per heavy atom. The predicted octanol–water partition coefficient (Wildman–Crippen LogP) is 2.38. The molecular formula is C13H27NO4Si. The summed E-state index contributed by atoms with van der Waals surface area (Å²) >= 11 is 0. The molecule has 0 saturated carbocycles. The second-order valence-electron chi connectivity index (χ2n) is 5.37. The van der Waals surface area contributed by atoms with Gasteiger partial charge in [-0.1, -0.05) is 6.42 Å². The van der Waals surface area contributed by atoms with Gasteiger partial charge in [0.05, 0.1) is 0 Å². The first-order chi connectivity index (χ1) is 8.87. The van der Waals surface area contributed by atoms with Gasteiger partial charge in [0.25, 0.3) is 0 Å². The molecule has 2 N–H and O–H groups in total. The summed E-state index contributed by atoms with van der Waals surface area (Å²) in [6.07, 6.45) is 3.85. The normalized spacial score (nSPS) is 11.3. The van der Waals surface area contributed by atoms with E-state index in [1.165, 1.54) is 0 Å². The monoisotopic (exact) mass is 289 g/mol. The van der Waals surface area contributed by atoms with Crippen molar-refractivity contribution in [1.82, 2.24) is 5.32 Å². The van der Waals surface area contributed by atoms with Gasteiger partial charge in [-0.25, -0.2) is 0 Å². The third-order valence-electron chi connectivity index (χ3n) is 3.12. The Labute approximate surface area is 116 Å². The molecule has 19 heavy (non-hydrogen) atoms. The molecular weight excluding hydrogens is 262 g/mol. The van der Waals surface area contributed by atoms with Gasteiger partial charge in [-0.15, -0.1) is 0 Å². The van der Waals surface area contributed by atoms with E-state index in [0.717, 1.165) is 25.3 Å². The minimum Gasteiger partial charge on any atom is -0.481 e. The first-order valence-electron chi connectivity index (χ1n) is 6.91. The smallest absolute Gasteiger partial charge is 0.303 e. The van der Waals surface area contributed by atoms with Gasteiger partial charge >= 0.3 is 5.97 Å². The van der Waals surface area contributed by atoms with Crippen LogP contribution in [0.15, 0.2) is 0 Å². The molecule has 6 heteroatoms. The molecule has 0 fully saturated rings. The highest BCUT2D eigenvalue weighted by atomic mass is 28.4. The van der Waals surface area contributed by atoms with Crippen molar-refractivity contribution in [3.05, 3.63) is 0 Å². The summed E-state index contributed by atoms with van der Waals surface area (Å²) in [6, 6.07) is 1.04. The van der Waals surface area contributed by atoms with Crippen molar-refractivity contribution < 1.29 is 19.1 Å². The highest BCUT2D eigenvalue weighted by molar-refractivity contribution is 6.71. The minimum atomic E-state index is -1.50. The summed E-state index contributed by atoms with van der Waals surface area (Å²) in [5.74, 6) is -0.707. The zero-order chi connectivity index (χ0) is 14.7. The lowest BCUT2D eigenvalue weighted by molar-refractivity contribution is -0.137. The van der Waals surface area contributed by atoms with E-state index in [1.807, 2.05) is 0 Å². The van der Waals surface area contributed by atoms with Crippen LogP contribution >= 0.6 is 0 Å². The fourth-order valence-corrected chi connectivity index (χ4v) is 2.90. The van der Waals surface area contributed by atoms with Crippen LogP contribution in [-0.2, 0) is 14.0 Å². The Bertz CT molecular complexity index is 282. The van der Waals surface area contributed by atoms with E-state index in [-0.39, 0.29) is 12.3 Å². The Kier molecular flexibility index (Phi) is 9.51. The van der Waals surface area contributed by atoms with Crippen LogP contribution in [0.1, 0.15) is 38.5 Å². The van der Waals surface area contributed by atoms with Crippen LogP contribution in [0, 0.1) is 0 Å². The van der Waals surface area contributed by atoms with Crippen molar-refractivity contribution >= 4 is 20.2 Å².